The van der Waals surface area contributed by atoms with Crippen LogP contribution in [0, 0.1) is 5.92 Å². The van der Waals surface area contributed by atoms with Crippen LogP contribution in [-0.4, -0.2) is 38.0 Å². The highest BCUT2D eigenvalue weighted by atomic mass is 35.5. The number of hydrogen-bond donors (Lipinski definition) is 3. The molecule has 0 aromatic heterocycles. The first-order valence-corrected chi connectivity index (χ1v) is 8.30. The van der Waals surface area contributed by atoms with Crippen LogP contribution in [0.15, 0.2) is 18.2 Å². The fraction of sp³-hybridized carbons (Fsp3) is 0.500. The number of carbonyl (C=O) groups excluding carboxylic acids is 2. The van der Waals surface area contributed by atoms with Crippen molar-refractivity contribution >= 4 is 40.7 Å². The van der Waals surface area contributed by atoms with Crippen molar-refractivity contribution in [2.75, 3.05) is 25.5 Å². The lowest BCUT2D eigenvalue weighted by atomic mass is 10.1. The number of carbonyl (C=O) groups is 2. The summed E-state index contributed by atoms with van der Waals surface area (Å²) in [7, 11) is 1.80. The first-order chi connectivity index (χ1) is 10.7. The van der Waals surface area contributed by atoms with E-state index in [1.54, 1.807) is 25.2 Å². The molecule has 0 saturated carbocycles. The normalized spacial score (nSPS) is 13.5. The van der Waals surface area contributed by atoms with E-state index in [2.05, 4.69) is 10.6 Å². The molecule has 0 heterocycles. The van der Waals surface area contributed by atoms with Crippen molar-refractivity contribution in [2.45, 2.75) is 26.8 Å². The minimum atomic E-state index is -0.189. The maximum atomic E-state index is 12.0. The second kappa shape index (κ2) is 9.11. The van der Waals surface area contributed by atoms with Crippen molar-refractivity contribution in [2.24, 2.45) is 5.92 Å². The molecular formula is C16H24Cl2N3O2+. The highest BCUT2D eigenvalue weighted by molar-refractivity contribution is 6.42. The Morgan fingerprint density at radius 1 is 1.09 bits per heavy atom. The lowest BCUT2D eigenvalue weighted by Gasteiger charge is -2.19. The van der Waals surface area contributed by atoms with Crippen molar-refractivity contribution in [3.05, 3.63) is 28.2 Å². The molecule has 0 radical (unpaired) electrons. The Bertz CT molecular complexity index is 564. The average molecular weight is 361 g/mol. The highest BCUT2D eigenvalue weighted by Gasteiger charge is 2.17. The monoisotopic (exact) mass is 360 g/mol. The summed E-state index contributed by atoms with van der Waals surface area (Å²) in [4.78, 5) is 24.7. The predicted molar refractivity (Wildman–Crippen MR) is 94.2 cm³/mol. The van der Waals surface area contributed by atoms with E-state index in [0.29, 0.717) is 21.7 Å². The molecule has 5 nitrogen and oxygen atoms in total. The summed E-state index contributed by atoms with van der Waals surface area (Å²) in [5.74, 6) is 0.119. The van der Waals surface area contributed by atoms with Gasteiger partial charge in [0.25, 0.3) is 11.8 Å². The third-order valence-corrected chi connectivity index (χ3v) is 4.26. The third kappa shape index (κ3) is 7.20. The second-order valence-corrected chi connectivity index (χ2v) is 6.90. The van der Waals surface area contributed by atoms with E-state index in [1.165, 1.54) is 0 Å². The van der Waals surface area contributed by atoms with Gasteiger partial charge in [0.1, 0.15) is 0 Å². The van der Waals surface area contributed by atoms with Crippen molar-refractivity contribution in [1.82, 2.24) is 5.32 Å². The molecule has 7 heteroatoms. The first-order valence-electron chi connectivity index (χ1n) is 7.54. The standard InChI is InChI=1S/C16H23Cl2N3O2/c1-10(2)11(3)19-15(22)8-21(4)9-16(23)20-12-5-6-13(17)14(18)7-12/h5-7,10-11H,8-9H2,1-4H3,(H,19,22)(H,20,23)/p+1/t11-/m0/s1. The number of halogens is 2. The topological polar surface area (TPSA) is 62.6 Å². The number of benzene rings is 1. The quantitative estimate of drug-likeness (QED) is 0.691. The SMILES string of the molecule is CC(C)[C@H](C)NC(=O)C[NH+](C)CC(=O)Nc1ccc(Cl)c(Cl)c1. The van der Waals surface area contributed by atoms with E-state index in [4.69, 9.17) is 23.2 Å². The molecule has 1 unspecified atom stereocenters. The van der Waals surface area contributed by atoms with E-state index in [9.17, 15) is 9.59 Å². The van der Waals surface area contributed by atoms with Crippen LogP contribution in [-0.2, 0) is 9.59 Å². The van der Waals surface area contributed by atoms with Crippen molar-refractivity contribution in [1.29, 1.82) is 0 Å². The summed E-state index contributed by atoms with van der Waals surface area (Å²) in [5, 5.41) is 6.48. The van der Waals surface area contributed by atoms with Gasteiger partial charge in [-0.05, 0) is 31.0 Å². The summed E-state index contributed by atoms with van der Waals surface area (Å²) >= 11 is 11.7. The molecule has 23 heavy (non-hydrogen) atoms. The zero-order valence-electron chi connectivity index (χ0n) is 13.9. The van der Waals surface area contributed by atoms with E-state index in [1.807, 2.05) is 20.8 Å². The Kier molecular flexibility index (Phi) is 7.82. The number of quaternary nitrogens is 1. The van der Waals surface area contributed by atoms with Crippen LogP contribution in [0.1, 0.15) is 20.8 Å². The van der Waals surface area contributed by atoms with E-state index < -0.39 is 0 Å². The van der Waals surface area contributed by atoms with Gasteiger partial charge in [-0.25, -0.2) is 0 Å². The van der Waals surface area contributed by atoms with E-state index >= 15 is 0 Å². The summed E-state index contributed by atoms with van der Waals surface area (Å²) in [6.45, 7) is 6.49. The van der Waals surface area contributed by atoms with Gasteiger partial charge in [0.2, 0.25) is 0 Å². The molecule has 0 fully saturated rings. The van der Waals surface area contributed by atoms with Gasteiger partial charge in [0.15, 0.2) is 13.1 Å². The number of hydrogen-bond acceptors (Lipinski definition) is 2. The van der Waals surface area contributed by atoms with Crippen molar-refractivity contribution < 1.29 is 14.5 Å². The van der Waals surface area contributed by atoms with Gasteiger partial charge in [-0.15, -0.1) is 0 Å². The molecule has 1 aromatic rings. The zero-order chi connectivity index (χ0) is 17.6. The number of amides is 2. The van der Waals surface area contributed by atoms with Gasteiger partial charge in [-0.1, -0.05) is 37.0 Å². The fourth-order valence-electron chi connectivity index (χ4n) is 1.86. The van der Waals surface area contributed by atoms with Crippen LogP contribution >= 0.6 is 23.2 Å². The van der Waals surface area contributed by atoms with Gasteiger partial charge in [-0.3, -0.25) is 9.59 Å². The molecule has 2 atom stereocenters. The molecule has 0 saturated heterocycles. The number of rotatable bonds is 7. The van der Waals surface area contributed by atoms with E-state index in [-0.39, 0.29) is 30.9 Å². The molecule has 0 bridgehead atoms. The third-order valence-electron chi connectivity index (χ3n) is 3.52. The van der Waals surface area contributed by atoms with Crippen LogP contribution in [0.2, 0.25) is 10.0 Å². The van der Waals surface area contributed by atoms with Gasteiger partial charge in [-0.2, -0.15) is 0 Å². The van der Waals surface area contributed by atoms with Gasteiger partial charge >= 0.3 is 0 Å². The van der Waals surface area contributed by atoms with Gasteiger partial charge in [0, 0.05) is 11.7 Å². The van der Waals surface area contributed by atoms with Crippen molar-refractivity contribution in [3.63, 3.8) is 0 Å². The Morgan fingerprint density at radius 3 is 2.26 bits per heavy atom. The Hall–Kier alpha value is -1.30. The van der Waals surface area contributed by atoms with Crippen LogP contribution in [0.3, 0.4) is 0 Å². The number of nitrogens with one attached hydrogen (secondary N) is 3. The summed E-state index contributed by atoms with van der Waals surface area (Å²) in [5.41, 5.74) is 0.579. The average Bonchev–Trinajstić information content (AvgIpc) is 2.42. The first kappa shape index (κ1) is 19.7. The Labute approximate surface area is 147 Å². The molecule has 0 spiro atoms. The summed E-state index contributed by atoms with van der Waals surface area (Å²) < 4.78 is 0. The minimum absolute atomic E-state index is 0.0639. The molecule has 128 valence electrons. The van der Waals surface area contributed by atoms with Crippen molar-refractivity contribution in [3.8, 4) is 0 Å². The Balaban J connectivity index is 2.44. The second-order valence-electron chi connectivity index (χ2n) is 6.09. The van der Waals surface area contributed by atoms with Crippen LogP contribution in [0.4, 0.5) is 5.69 Å². The highest BCUT2D eigenvalue weighted by Crippen LogP contribution is 2.24. The maximum Gasteiger partial charge on any atom is 0.279 e. The molecule has 0 aliphatic rings. The summed E-state index contributed by atoms with van der Waals surface area (Å²) in [6.07, 6.45) is 0. The molecule has 2 amide bonds. The smallest absolute Gasteiger partial charge is 0.279 e. The molecular weight excluding hydrogens is 337 g/mol. The largest absolute Gasteiger partial charge is 0.348 e. The summed E-state index contributed by atoms with van der Waals surface area (Å²) in [6, 6.07) is 5.00. The number of anilines is 1. The predicted octanol–water partition coefficient (Wildman–Crippen LogP) is 1.61. The van der Waals surface area contributed by atoms with Gasteiger partial charge < -0.3 is 15.5 Å². The zero-order valence-corrected chi connectivity index (χ0v) is 15.4. The molecule has 0 aliphatic carbocycles. The van der Waals surface area contributed by atoms with E-state index in [0.717, 1.165) is 4.90 Å². The van der Waals surface area contributed by atoms with Gasteiger partial charge in [0.05, 0.1) is 17.1 Å². The lowest BCUT2D eigenvalue weighted by molar-refractivity contribution is -0.862. The molecule has 1 rings (SSSR count). The Morgan fingerprint density at radius 2 is 1.70 bits per heavy atom. The van der Waals surface area contributed by atoms with Crippen LogP contribution in [0.5, 0.6) is 0 Å². The minimum Gasteiger partial charge on any atom is -0.348 e. The fourth-order valence-corrected chi connectivity index (χ4v) is 2.16. The number of likely N-dealkylation sites (N-methyl/N-ethyl adjacent to an activating group) is 1. The van der Waals surface area contributed by atoms with Crippen LogP contribution < -0.4 is 15.5 Å². The van der Waals surface area contributed by atoms with Crippen LogP contribution in [0.25, 0.3) is 0 Å². The lowest BCUT2D eigenvalue weighted by Crippen LogP contribution is -3.11. The molecule has 0 aliphatic heterocycles. The molecule has 3 N–H and O–H groups in total. The molecule has 1 aromatic carbocycles. The maximum absolute atomic E-state index is 12.0.